The van der Waals surface area contributed by atoms with Crippen molar-refractivity contribution in [2.75, 3.05) is 47.9 Å². The van der Waals surface area contributed by atoms with E-state index >= 15 is 0 Å². The molecule has 0 aliphatic carbocycles. The van der Waals surface area contributed by atoms with Crippen LogP contribution < -0.4 is 0 Å². The zero-order valence-electron chi connectivity index (χ0n) is 25.7. The molecule has 234 valence electrons. The molecule has 3 atom stereocenters. The molecular formula is C29H54N2O9. The number of esters is 3. The van der Waals surface area contributed by atoms with Gasteiger partial charge in [-0.1, -0.05) is 65.2 Å². The van der Waals surface area contributed by atoms with E-state index in [2.05, 4.69) is 13.8 Å². The summed E-state index contributed by atoms with van der Waals surface area (Å²) in [5.74, 6) is -1.82. The number of carboxylic acids is 1. The van der Waals surface area contributed by atoms with Crippen molar-refractivity contribution in [3.8, 4) is 0 Å². The van der Waals surface area contributed by atoms with Crippen molar-refractivity contribution in [3.05, 3.63) is 0 Å². The van der Waals surface area contributed by atoms with Crippen LogP contribution >= 0.6 is 0 Å². The number of ether oxygens (including phenoxy) is 4. The number of likely N-dealkylation sites (N-methyl/N-ethyl adjacent to an activating group) is 2. The number of carboxylic acid groups (broad SMARTS) is 1. The van der Waals surface area contributed by atoms with Crippen LogP contribution in [0.2, 0.25) is 0 Å². The predicted molar refractivity (Wildman–Crippen MR) is 152 cm³/mol. The normalized spacial score (nSPS) is 18.2. The average Bonchev–Trinajstić information content (AvgIpc) is 3.22. The van der Waals surface area contributed by atoms with Crippen molar-refractivity contribution in [1.29, 1.82) is 0 Å². The lowest BCUT2D eigenvalue weighted by Gasteiger charge is -2.19. The summed E-state index contributed by atoms with van der Waals surface area (Å²) in [6, 6.07) is 0. The molecule has 0 aromatic heterocycles. The van der Waals surface area contributed by atoms with E-state index in [1.807, 2.05) is 0 Å². The van der Waals surface area contributed by atoms with Crippen molar-refractivity contribution in [2.24, 2.45) is 0 Å². The Kier molecular flexibility index (Phi) is 22.1. The van der Waals surface area contributed by atoms with Gasteiger partial charge >= 0.3 is 23.9 Å². The highest BCUT2D eigenvalue weighted by molar-refractivity contribution is 5.72. The SMILES string of the molecule is CCCCCCCC(=O)O.CCCCCCCC(=O)O[C@@H]1C[C@H](OC(=O)CN(C)C)O[C@@H]1COC(=O)CN(C)C. The number of unbranched alkanes of at least 4 members (excludes halogenated alkanes) is 8. The number of carbonyl (C=O) groups is 4. The first-order valence-electron chi connectivity index (χ1n) is 14.7. The Hall–Kier alpha value is -2.24. The third kappa shape index (κ3) is 21.6. The largest absolute Gasteiger partial charge is 0.481 e. The molecule has 11 nitrogen and oxygen atoms in total. The fraction of sp³-hybridized carbons (Fsp3) is 0.862. The van der Waals surface area contributed by atoms with Crippen LogP contribution in [0, 0.1) is 0 Å². The van der Waals surface area contributed by atoms with Gasteiger partial charge in [-0.3, -0.25) is 29.0 Å². The Labute approximate surface area is 240 Å². The number of nitrogens with zero attached hydrogens (tertiary/aromatic N) is 2. The lowest BCUT2D eigenvalue weighted by molar-refractivity contribution is -0.183. The van der Waals surface area contributed by atoms with Crippen LogP contribution in [-0.4, -0.2) is 105 Å². The van der Waals surface area contributed by atoms with E-state index in [0.717, 1.165) is 44.9 Å². The van der Waals surface area contributed by atoms with Gasteiger partial charge in [0.05, 0.1) is 19.5 Å². The molecule has 0 saturated carbocycles. The number of rotatable bonds is 20. The van der Waals surface area contributed by atoms with Gasteiger partial charge < -0.3 is 24.1 Å². The zero-order chi connectivity index (χ0) is 30.3. The third-order valence-corrected chi connectivity index (χ3v) is 5.99. The van der Waals surface area contributed by atoms with Gasteiger partial charge in [0, 0.05) is 12.8 Å². The minimum atomic E-state index is -0.836. The third-order valence-electron chi connectivity index (χ3n) is 5.99. The first kappa shape index (κ1) is 37.8. The van der Waals surface area contributed by atoms with Gasteiger partial charge in [0.25, 0.3) is 0 Å². The van der Waals surface area contributed by atoms with Crippen molar-refractivity contribution in [1.82, 2.24) is 9.80 Å². The van der Waals surface area contributed by atoms with E-state index in [0.29, 0.717) is 12.8 Å². The molecule has 1 heterocycles. The second kappa shape index (κ2) is 23.5. The molecule has 0 unspecified atom stereocenters. The Morgan fingerprint density at radius 3 is 1.77 bits per heavy atom. The molecule has 1 aliphatic heterocycles. The van der Waals surface area contributed by atoms with E-state index in [9.17, 15) is 19.2 Å². The molecule has 40 heavy (non-hydrogen) atoms. The lowest BCUT2D eigenvalue weighted by atomic mass is 10.1. The summed E-state index contributed by atoms with van der Waals surface area (Å²) in [6.07, 6.45) is 9.47. The van der Waals surface area contributed by atoms with E-state index < -0.39 is 36.4 Å². The molecule has 0 aromatic rings. The fourth-order valence-electron chi connectivity index (χ4n) is 3.93. The van der Waals surface area contributed by atoms with Gasteiger partial charge in [-0.05, 0) is 41.0 Å². The molecule has 0 spiro atoms. The van der Waals surface area contributed by atoms with Crippen LogP contribution in [0.1, 0.15) is 97.3 Å². The minimum absolute atomic E-state index is 0.0666. The van der Waals surface area contributed by atoms with Crippen LogP contribution in [0.25, 0.3) is 0 Å². The van der Waals surface area contributed by atoms with Crippen LogP contribution in [0.5, 0.6) is 0 Å². The van der Waals surface area contributed by atoms with Crippen LogP contribution in [-0.2, 0) is 38.1 Å². The number of aliphatic carboxylic acids is 1. The van der Waals surface area contributed by atoms with Crippen LogP contribution in [0.4, 0.5) is 0 Å². The Morgan fingerprint density at radius 2 is 1.25 bits per heavy atom. The predicted octanol–water partition coefficient (Wildman–Crippen LogP) is 4.01. The molecule has 1 N–H and O–H groups in total. The van der Waals surface area contributed by atoms with Crippen molar-refractivity contribution in [2.45, 2.75) is 116 Å². The maximum atomic E-state index is 12.2. The Morgan fingerprint density at radius 1 is 0.725 bits per heavy atom. The zero-order valence-corrected chi connectivity index (χ0v) is 25.7. The maximum Gasteiger partial charge on any atom is 0.322 e. The molecule has 0 bridgehead atoms. The summed E-state index contributed by atoms with van der Waals surface area (Å²) in [5, 5.41) is 8.27. The lowest BCUT2D eigenvalue weighted by Crippen LogP contribution is -2.34. The van der Waals surface area contributed by atoms with Gasteiger partial charge in [-0.2, -0.15) is 0 Å². The van der Waals surface area contributed by atoms with Gasteiger partial charge in [0.2, 0.25) is 6.29 Å². The number of carbonyl (C=O) groups excluding carboxylic acids is 3. The topological polar surface area (TPSA) is 132 Å². The molecule has 0 aromatic carbocycles. The second-order valence-electron chi connectivity index (χ2n) is 10.7. The molecule has 0 amide bonds. The number of hydrogen-bond donors (Lipinski definition) is 1. The van der Waals surface area contributed by atoms with E-state index in [4.69, 9.17) is 24.1 Å². The quantitative estimate of drug-likeness (QED) is 0.128. The highest BCUT2D eigenvalue weighted by Gasteiger charge is 2.40. The monoisotopic (exact) mass is 574 g/mol. The molecule has 1 rings (SSSR count). The molecule has 0 radical (unpaired) electrons. The van der Waals surface area contributed by atoms with E-state index in [1.54, 1.807) is 38.0 Å². The minimum Gasteiger partial charge on any atom is -0.481 e. The summed E-state index contributed by atoms with van der Waals surface area (Å²) < 4.78 is 21.8. The smallest absolute Gasteiger partial charge is 0.322 e. The summed E-state index contributed by atoms with van der Waals surface area (Å²) in [7, 11) is 7.04. The summed E-state index contributed by atoms with van der Waals surface area (Å²) in [5.41, 5.74) is 0. The molecular weight excluding hydrogens is 520 g/mol. The molecule has 1 saturated heterocycles. The Bertz CT molecular complexity index is 716. The van der Waals surface area contributed by atoms with Crippen molar-refractivity contribution in [3.63, 3.8) is 0 Å². The van der Waals surface area contributed by atoms with Crippen molar-refractivity contribution < 1.29 is 43.2 Å². The first-order chi connectivity index (χ1) is 19.0. The van der Waals surface area contributed by atoms with Crippen LogP contribution in [0.15, 0.2) is 0 Å². The first-order valence-corrected chi connectivity index (χ1v) is 14.7. The average molecular weight is 575 g/mol. The Balaban J connectivity index is 0.00000129. The van der Waals surface area contributed by atoms with E-state index in [-0.39, 0.29) is 32.1 Å². The summed E-state index contributed by atoms with van der Waals surface area (Å²) in [6.45, 7) is 4.47. The van der Waals surface area contributed by atoms with Gasteiger partial charge in [0.15, 0.2) is 0 Å². The van der Waals surface area contributed by atoms with Gasteiger partial charge in [0.1, 0.15) is 18.8 Å². The summed E-state index contributed by atoms with van der Waals surface area (Å²) >= 11 is 0. The summed E-state index contributed by atoms with van der Waals surface area (Å²) in [4.78, 5) is 49.4. The fourth-order valence-corrected chi connectivity index (χ4v) is 3.93. The van der Waals surface area contributed by atoms with Crippen molar-refractivity contribution >= 4 is 23.9 Å². The second-order valence-corrected chi connectivity index (χ2v) is 10.7. The standard InChI is InChI=1S/C21H38N2O7.C8H16O2/c1-6-7-8-9-10-11-18(24)28-16-12-21(30-20(26)14-23(4)5)29-17(16)15-27-19(25)13-22(2)3;1-2-3-4-5-6-7-8(9)10/h16-17,21H,6-15H2,1-5H3;2-7H2,1H3,(H,9,10)/t16-,17-,21+;/m1./s1. The van der Waals surface area contributed by atoms with Gasteiger partial charge in [-0.15, -0.1) is 0 Å². The number of hydrogen-bond acceptors (Lipinski definition) is 10. The molecule has 1 aliphatic rings. The van der Waals surface area contributed by atoms with Gasteiger partial charge in [-0.25, -0.2) is 0 Å². The van der Waals surface area contributed by atoms with E-state index in [1.165, 1.54) is 19.3 Å². The molecule has 11 heteroatoms. The highest BCUT2D eigenvalue weighted by atomic mass is 16.7. The highest BCUT2D eigenvalue weighted by Crippen LogP contribution is 2.25. The van der Waals surface area contributed by atoms with Crippen LogP contribution in [0.3, 0.4) is 0 Å². The molecule has 1 fully saturated rings. The maximum absolute atomic E-state index is 12.2.